The Hall–Kier alpha value is -2.56. The number of rotatable bonds is 3. The summed E-state index contributed by atoms with van der Waals surface area (Å²) in [5.41, 5.74) is 2.19. The molecular formula is C21H14N2S2. The second-order valence-corrected chi connectivity index (χ2v) is 8.04. The van der Waals surface area contributed by atoms with E-state index in [0.717, 1.165) is 27.5 Å². The van der Waals surface area contributed by atoms with Crippen LogP contribution in [0.15, 0.2) is 66.7 Å². The van der Waals surface area contributed by atoms with Gasteiger partial charge in [0.1, 0.15) is 5.01 Å². The molecule has 5 rings (SSSR count). The van der Waals surface area contributed by atoms with Crippen LogP contribution in [0.3, 0.4) is 0 Å². The van der Waals surface area contributed by atoms with E-state index in [1.807, 2.05) is 6.07 Å². The molecule has 25 heavy (non-hydrogen) atoms. The highest BCUT2D eigenvalue weighted by atomic mass is 32.1. The van der Waals surface area contributed by atoms with Gasteiger partial charge in [-0.15, -0.1) is 22.7 Å². The fraction of sp³-hybridized carbons (Fsp3) is 0.0476. The fourth-order valence-electron chi connectivity index (χ4n) is 3.02. The maximum Gasteiger partial charge on any atom is 0.117 e. The molecule has 0 spiro atoms. The van der Waals surface area contributed by atoms with Crippen molar-refractivity contribution in [1.82, 2.24) is 9.97 Å². The van der Waals surface area contributed by atoms with E-state index in [2.05, 4.69) is 71.7 Å². The van der Waals surface area contributed by atoms with Crippen molar-refractivity contribution in [2.75, 3.05) is 0 Å². The smallest absolute Gasteiger partial charge is 0.117 e. The van der Waals surface area contributed by atoms with Gasteiger partial charge in [-0.3, -0.25) is 0 Å². The number of hydrogen-bond acceptors (Lipinski definition) is 4. The highest BCUT2D eigenvalue weighted by Gasteiger charge is 2.06. The highest BCUT2D eigenvalue weighted by molar-refractivity contribution is 7.19. The van der Waals surface area contributed by atoms with Crippen LogP contribution in [0, 0.1) is 0 Å². The molecule has 0 aliphatic rings. The van der Waals surface area contributed by atoms with Gasteiger partial charge in [-0.25, -0.2) is 9.97 Å². The van der Waals surface area contributed by atoms with Gasteiger partial charge in [0.15, 0.2) is 0 Å². The van der Waals surface area contributed by atoms with Gasteiger partial charge in [-0.1, -0.05) is 48.5 Å². The number of hydrogen-bond donors (Lipinski definition) is 0. The lowest BCUT2D eigenvalue weighted by atomic mass is 10.1. The molecular weight excluding hydrogens is 344 g/mol. The first-order chi connectivity index (χ1) is 12.4. The molecule has 0 fully saturated rings. The standard InChI is InChI=1S/C21H14N2S2/c1-2-7-15-14(6-1)12-13-18-21(15)23-20(25-18)11-5-10-19-22-16-8-3-4-9-17(16)24-19/h1-9,11-13H,10H2. The first-order valence-corrected chi connectivity index (χ1v) is 9.79. The third-order valence-corrected chi connectivity index (χ3v) is 6.24. The van der Waals surface area contributed by atoms with E-state index in [1.165, 1.54) is 20.2 Å². The molecule has 120 valence electrons. The summed E-state index contributed by atoms with van der Waals surface area (Å²) >= 11 is 3.50. The Morgan fingerprint density at radius 2 is 1.68 bits per heavy atom. The third kappa shape index (κ3) is 2.73. The molecule has 0 unspecified atom stereocenters. The van der Waals surface area contributed by atoms with Crippen molar-refractivity contribution in [2.24, 2.45) is 0 Å². The Balaban J connectivity index is 1.45. The predicted octanol–water partition coefficient (Wildman–Crippen LogP) is 6.32. The minimum Gasteiger partial charge on any atom is -0.241 e. The van der Waals surface area contributed by atoms with Crippen molar-refractivity contribution in [2.45, 2.75) is 6.42 Å². The monoisotopic (exact) mass is 358 g/mol. The number of benzene rings is 3. The zero-order valence-corrected chi connectivity index (χ0v) is 15.0. The van der Waals surface area contributed by atoms with Crippen molar-refractivity contribution >= 4 is 60.0 Å². The third-order valence-electron chi connectivity index (χ3n) is 4.19. The summed E-state index contributed by atoms with van der Waals surface area (Å²) in [4.78, 5) is 9.51. The summed E-state index contributed by atoms with van der Waals surface area (Å²) in [5, 5.41) is 4.66. The molecule has 0 radical (unpaired) electrons. The lowest BCUT2D eigenvalue weighted by Crippen LogP contribution is -1.78. The van der Waals surface area contributed by atoms with Gasteiger partial charge in [0.25, 0.3) is 0 Å². The summed E-state index contributed by atoms with van der Waals surface area (Å²) in [7, 11) is 0. The Morgan fingerprint density at radius 3 is 2.64 bits per heavy atom. The molecule has 2 heterocycles. The van der Waals surface area contributed by atoms with E-state index >= 15 is 0 Å². The number of thiazole rings is 2. The number of nitrogens with zero attached hydrogens (tertiary/aromatic N) is 2. The maximum atomic E-state index is 4.83. The number of allylic oxidation sites excluding steroid dienone is 1. The van der Waals surface area contributed by atoms with E-state index in [4.69, 9.17) is 4.98 Å². The topological polar surface area (TPSA) is 25.8 Å². The molecule has 4 heteroatoms. The maximum absolute atomic E-state index is 4.83. The number of para-hydroxylation sites is 1. The first-order valence-electron chi connectivity index (χ1n) is 8.16. The fourth-order valence-corrected chi connectivity index (χ4v) is 4.87. The van der Waals surface area contributed by atoms with Gasteiger partial charge >= 0.3 is 0 Å². The molecule has 0 bridgehead atoms. The molecule has 0 aliphatic heterocycles. The van der Waals surface area contributed by atoms with Crippen molar-refractivity contribution in [3.63, 3.8) is 0 Å². The normalized spacial score (nSPS) is 12.0. The van der Waals surface area contributed by atoms with Gasteiger partial charge in [-0.2, -0.15) is 0 Å². The van der Waals surface area contributed by atoms with Crippen LogP contribution in [0.1, 0.15) is 10.0 Å². The molecule has 0 aliphatic carbocycles. The van der Waals surface area contributed by atoms with Gasteiger partial charge in [0.05, 0.1) is 25.4 Å². The number of fused-ring (bicyclic) bond motifs is 4. The second kappa shape index (κ2) is 6.06. The van der Waals surface area contributed by atoms with Gasteiger partial charge in [0.2, 0.25) is 0 Å². The van der Waals surface area contributed by atoms with Crippen molar-refractivity contribution < 1.29 is 0 Å². The van der Waals surface area contributed by atoms with Crippen LogP contribution in [-0.4, -0.2) is 9.97 Å². The Morgan fingerprint density at radius 1 is 0.800 bits per heavy atom. The molecule has 2 aromatic heterocycles. The molecule has 0 saturated carbocycles. The Bertz CT molecular complexity index is 1200. The zero-order chi connectivity index (χ0) is 16.6. The summed E-state index contributed by atoms with van der Waals surface area (Å²) in [5.74, 6) is 0. The van der Waals surface area contributed by atoms with Crippen molar-refractivity contribution in [3.05, 3.63) is 76.8 Å². The summed E-state index contributed by atoms with van der Waals surface area (Å²) in [6.07, 6.45) is 5.12. The van der Waals surface area contributed by atoms with Crippen LogP contribution in [0.5, 0.6) is 0 Å². The van der Waals surface area contributed by atoms with Crippen LogP contribution < -0.4 is 0 Å². The van der Waals surface area contributed by atoms with Gasteiger partial charge < -0.3 is 0 Å². The van der Waals surface area contributed by atoms with Crippen molar-refractivity contribution in [1.29, 1.82) is 0 Å². The lowest BCUT2D eigenvalue weighted by molar-refractivity contribution is 1.22. The van der Waals surface area contributed by atoms with E-state index in [9.17, 15) is 0 Å². The Labute approximate surface area is 153 Å². The minimum atomic E-state index is 0.843. The van der Waals surface area contributed by atoms with E-state index in [0.29, 0.717) is 0 Å². The van der Waals surface area contributed by atoms with Crippen molar-refractivity contribution in [3.8, 4) is 0 Å². The molecule has 2 nitrogen and oxygen atoms in total. The minimum absolute atomic E-state index is 0.843. The van der Waals surface area contributed by atoms with E-state index in [-0.39, 0.29) is 0 Å². The van der Waals surface area contributed by atoms with E-state index in [1.54, 1.807) is 22.7 Å². The van der Waals surface area contributed by atoms with Crippen LogP contribution in [0.25, 0.3) is 37.3 Å². The average Bonchev–Trinajstić information content (AvgIpc) is 3.25. The average molecular weight is 358 g/mol. The molecule has 0 N–H and O–H groups in total. The summed E-state index contributed by atoms with van der Waals surface area (Å²) in [6.45, 7) is 0. The van der Waals surface area contributed by atoms with Gasteiger partial charge in [0, 0.05) is 11.8 Å². The molecule has 3 aromatic carbocycles. The second-order valence-electron chi connectivity index (χ2n) is 5.87. The SMILES string of the molecule is C(=Cc1nc2c(ccc3ccccc32)s1)Cc1nc2ccccc2s1. The molecule has 0 amide bonds. The first kappa shape index (κ1) is 14.8. The lowest BCUT2D eigenvalue weighted by Gasteiger charge is -1.96. The predicted molar refractivity (Wildman–Crippen MR) is 109 cm³/mol. The van der Waals surface area contributed by atoms with E-state index < -0.39 is 0 Å². The van der Waals surface area contributed by atoms with Gasteiger partial charge in [-0.05, 0) is 29.7 Å². The molecule has 0 atom stereocenters. The molecule has 5 aromatic rings. The highest BCUT2D eigenvalue weighted by Crippen LogP contribution is 2.30. The largest absolute Gasteiger partial charge is 0.241 e. The summed E-state index contributed by atoms with van der Waals surface area (Å²) < 4.78 is 2.48. The quantitative estimate of drug-likeness (QED) is 0.377. The van der Waals surface area contributed by atoms with Crippen LogP contribution in [0.2, 0.25) is 0 Å². The van der Waals surface area contributed by atoms with Crippen LogP contribution in [0.4, 0.5) is 0 Å². The van der Waals surface area contributed by atoms with Crippen LogP contribution >= 0.6 is 22.7 Å². The summed E-state index contributed by atoms with van der Waals surface area (Å²) in [6, 6.07) is 21.0. The Kier molecular flexibility index (Phi) is 3.58. The van der Waals surface area contributed by atoms with Crippen LogP contribution in [-0.2, 0) is 6.42 Å². The number of aromatic nitrogens is 2. The zero-order valence-electron chi connectivity index (χ0n) is 13.3. The molecule has 0 saturated heterocycles.